The van der Waals surface area contributed by atoms with Crippen molar-refractivity contribution in [2.45, 2.75) is 6.92 Å². The lowest BCUT2D eigenvalue weighted by Crippen LogP contribution is -2.17. The van der Waals surface area contributed by atoms with Crippen LogP contribution in [0.5, 0.6) is 0 Å². The normalized spacial score (nSPS) is 10.5. The summed E-state index contributed by atoms with van der Waals surface area (Å²) in [6, 6.07) is 12.7. The van der Waals surface area contributed by atoms with Crippen LogP contribution >= 0.6 is 0 Å². The average Bonchev–Trinajstić information content (AvgIpc) is 2.90. The lowest BCUT2D eigenvalue weighted by atomic mass is 10.1. The van der Waals surface area contributed by atoms with Crippen molar-refractivity contribution < 1.29 is 4.79 Å². The summed E-state index contributed by atoms with van der Waals surface area (Å²) in [6.07, 6.45) is 3.12. The SMILES string of the molecule is CC(=O)c1ccc(-n2[nH]cc(-c3ccccc3)c2=O)nc1. The standard InChI is InChI=1S/C16H13N3O2/c1-11(20)13-7-8-15(17-9-13)19-16(21)14(10-18-19)12-5-3-2-4-6-12/h2-10,18H,1H3. The van der Waals surface area contributed by atoms with Gasteiger partial charge in [-0.25, -0.2) is 9.67 Å². The fourth-order valence-electron chi connectivity index (χ4n) is 2.09. The van der Waals surface area contributed by atoms with Gasteiger partial charge in [-0.05, 0) is 24.6 Å². The van der Waals surface area contributed by atoms with Crippen LogP contribution in [0.15, 0.2) is 59.7 Å². The Bertz CT molecular complexity index is 830. The van der Waals surface area contributed by atoms with Gasteiger partial charge in [0, 0.05) is 18.0 Å². The molecule has 1 N–H and O–H groups in total. The summed E-state index contributed by atoms with van der Waals surface area (Å²) in [5, 5.41) is 2.89. The van der Waals surface area contributed by atoms with Gasteiger partial charge in [0.2, 0.25) is 0 Å². The van der Waals surface area contributed by atoms with Crippen molar-refractivity contribution in [2.24, 2.45) is 0 Å². The zero-order valence-corrected chi connectivity index (χ0v) is 11.4. The molecule has 3 aromatic rings. The van der Waals surface area contributed by atoms with Crippen LogP contribution in [0.4, 0.5) is 0 Å². The van der Waals surface area contributed by atoms with Crippen LogP contribution in [0.2, 0.25) is 0 Å². The molecule has 104 valence electrons. The first-order chi connectivity index (χ1) is 10.2. The van der Waals surface area contributed by atoms with Crippen LogP contribution in [0.1, 0.15) is 17.3 Å². The third-order valence-corrected chi connectivity index (χ3v) is 3.24. The van der Waals surface area contributed by atoms with Crippen molar-refractivity contribution in [1.29, 1.82) is 0 Å². The van der Waals surface area contributed by atoms with Gasteiger partial charge in [-0.15, -0.1) is 0 Å². The number of nitrogens with zero attached hydrogens (tertiary/aromatic N) is 2. The molecular weight excluding hydrogens is 266 g/mol. The Hall–Kier alpha value is -2.95. The average molecular weight is 279 g/mol. The van der Waals surface area contributed by atoms with Gasteiger partial charge in [0.1, 0.15) is 0 Å². The molecule has 2 heterocycles. The molecule has 21 heavy (non-hydrogen) atoms. The van der Waals surface area contributed by atoms with Crippen LogP contribution in [0.3, 0.4) is 0 Å². The Labute approximate surface area is 120 Å². The van der Waals surface area contributed by atoms with Crippen LogP contribution < -0.4 is 5.56 Å². The van der Waals surface area contributed by atoms with Gasteiger partial charge in [-0.1, -0.05) is 30.3 Å². The summed E-state index contributed by atoms with van der Waals surface area (Å²) in [7, 11) is 0. The predicted octanol–water partition coefficient (Wildman–Crippen LogP) is 2.43. The molecule has 0 unspecified atom stereocenters. The number of hydrogen-bond acceptors (Lipinski definition) is 3. The number of Topliss-reactive ketones (excluding diaryl/α,β-unsaturated/α-hetero) is 1. The molecule has 0 aliphatic carbocycles. The third-order valence-electron chi connectivity index (χ3n) is 3.24. The van der Waals surface area contributed by atoms with Crippen LogP contribution in [-0.4, -0.2) is 20.5 Å². The Balaban J connectivity index is 2.03. The lowest BCUT2D eigenvalue weighted by molar-refractivity contribution is 0.101. The molecule has 5 heteroatoms. The highest BCUT2D eigenvalue weighted by molar-refractivity contribution is 5.93. The van der Waals surface area contributed by atoms with Crippen molar-refractivity contribution in [3.8, 4) is 16.9 Å². The Kier molecular flexibility index (Phi) is 3.23. The number of ketones is 1. The minimum Gasteiger partial charge on any atom is -0.296 e. The molecule has 0 bridgehead atoms. The van der Waals surface area contributed by atoms with Crippen molar-refractivity contribution >= 4 is 5.78 Å². The fraction of sp³-hybridized carbons (Fsp3) is 0.0625. The monoisotopic (exact) mass is 279 g/mol. The molecule has 5 nitrogen and oxygen atoms in total. The zero-order valence-electron chi connectivity index (χ0n) is 11.4. The van der Waals surface area contributed by atoms with Crippen LogP contribution in [-0.2, 0) is 0 Å². The summed E-state index contributed by atoms with van der Waals surface area (Å²) in [4.78, 5) is 27.8. The molecule has 0 radical (unpaired) electrons. The van der Waals surface area contributed by atoms with E-state index in [1.165, 1.54) is 17.8 Å². The van der Waals surface area contributed by atoms with E-state index in [1.807, 2.05) is 30.3 Å². The highest BCUT2D eigenvalue weighted by Gasteiger charge is 2.10. The van der Waals surface area contributed by atoms with E-state index in [2.05, 4.69) is 10.1 Å². The molecule has 1 aromatic carbocycles. The third kappa shape index (κ3) is 2.41. The number of nitrogens with one attached hydrogen (secondary N) is 1. The van der Waals surface area contributed by atoms with Crippen molar-refractivity contribution in [1.82, 2.24) is 14.8 Å². The number of aromatic amines is 1. The van der Waals surface area contributed by atoms with E-state index in [1.54, 1.807) is 18.3 Å². The molecule has 0 fully saturated rings. The Morgan fingerprint density at radius 2 is 1.90 bits per heavy atom. The molecule has 0 atom stereocenters. The largest absolute Gasteiger partial charge is 0.296 e. The van der Waals surface area contributed by atoms with Gasteiger partial charge in [-0.2, -0.15) is 0 Å². The summed E-state index contributed by atoms with van der Waals surface area (Å²) >= 11 is 0. The molecule has 3 rings (SSSR count). The maximum Gasteiger partial charge on any atom is 0.280 e. The van der Waals surface area contributed by atoms with Crippen molar-refractivity contribution in [2.75, 3.05) is 0 Å². The molecule has 0 amide bonds. The summed E-state index contributed by atoms with van der Waals surface area (Å²) in [5.41, 5.74) is 1.76. The van der Waals surface area contributed by atoms with Crippen molar-refractivity contribution in [3.05, 3.63) is 70.8 Å². The maximum atomic E-state index is 12.4. The van der Waals surface area contributed by atoms with Crippen LogP contribution in [0, 0.1) is 0 Å². The summed E-state index contributed by atoms with van der Waals surface area (Å²) in [6.45, 7) is 1.48. The topological polar surface area (TPSA) is 67.8 Å². The minimum absolute atomic E-state index is 0.0575. The first-order valence-corrected chi connectivity index (χ1v) is 6.50. The number of hydrogen-bond donors (Lipinski definition) is 1. The first kappa shape index (κ1) is 13.1. The lowest BCUT2D eigenvalue weighted by Gasteiger charge is -2.01. The molecule has 0 saturated carbocycles. The molecule has 0 spiro atoms. The van der Waals surface area contributed by atoms with E-state index in [-0.39, 0.29) is 11.3 Å². The van der Waals surface area contributed by atoms with E-state index in [0.29, 0.717) is 16.9 Å². The minimum atomic E-state index is -0.177. The second-order valence-corrected chi connectivity index (χ2v) is 4.65. The zero-order chi connectivity index (χ0) is 14.8. The number of carbonyl (C=O) groups is 1. The van der Waals surface area contributed by atoms with E-state index in [0.717, 1.165) is 5.56 Å². The summed E-state index contributed by atoms with van der Waals surface area (Å²) in [5.74, 6) is 0.394. The van der Waals surface area contributed by atoms with Crippen LogP contribution in [0.25, 0.3) is 16.9 Å². The predicted molar refractivity (Wildman–Crippen MR) is 79.6 cm³/mol. The van der Waals surface area contributed by atoms with E-state index >= 15 is 0 Å². The number of benzene rings is 1. The van der Waals surface area contributed by atoms with Crippen molar-refractivity contribution in [3.63, 3.8) is 0 Å². The van der Waals surface area contributed by atoms with Gasteiger partial charge in [0.05, 0.1) is 5.56 Å². The van der Waals surface area contributed by atoms with Gasteiger partial charge in [0.15, 0.2) is 11.6 Å². The smallest absolute Gasteiger partial charge is 0.280 e. The second-order valence-electron chi connectivity index (χ2n) is 4.65. The highest BCUT2D eigenvalue weighted by atomic mass is 16.1. The maximum absolute atomic E-state index is 12.4. The van der Waals surface area contributed by atoms with E-state index < -0.39 is 0 Å². The quantitative estimate of drug-likeness (QED) is 0.749. The molecular formula is C16H13N3O2. The number of carbonyl (C=O) groups excluding carboxylic acids is 1. The van der Waals surface area contributed by atoms with Gasteiger partial charge >= 0.3 is 0 Å². The molecule has 0 saturated heterocycles. The second kappa shape index (κ2) is 5.20. The number of rotatable bonds is 3. The summed E-state index contributed by atoms with van der Waals surface area (Å²) < 4.78 is 1.35. The van der Waals surface area contributed by atoms with E-state index in [4.69, 9.17) is 0 Å². The first-order valence-electron chi connectivity index (χ1n) is 6.50. The van der Waals surface area contributed by atoms with Gasteiger partial charge < -0.3 is 0 Å². The number of pyridine rings is 1. The highest BCUT2D eigenvalue weighted by Crippen LogP contribution is 2.14. The van der Waals surface area contributed by atoms with Gasteiger partial charge in [0.25, 0.3) is 5.56 Å². The molecule has 0 aliphatic rings. The number of aromatic nitrogens is 3. The number of H-pyrrole nitrogens is 1. The van der Waals surface area contributed by atoms with Gasteiger partial charge in [-0.3, -0.25) is 14.7 Å². The molecule has 2 aromatic heterocycles. The molecule has 0 aliphatic heterocycles. The fourth-order valence-corrected chi connectivity index (χ4v) is 2.09. The van der Waals surface area contributed by atoms with E-state index in [9.17, 15) is 9.59 Å². The Morgan fingerprint density at radius 3 is 2.52 bits per heavy atom. The Morgan fingerprint density at radius 1 is 1.14 bits per heavy atom.